The molecule has 10 heteroatoms. The number of hydrogen-bond donors (Lipinski definition) is 2. The summed E-state index contributed by atoms with van der Waals surface area (Å²) in [6.45, 7) is 1.86. The molecule has 1 aromatic rings. The van der Waals surface area contributed by atoms with Crippen LogP contribution in [0, 0.1) is 5.92 Å². The number of likely N-dealkylation sites (tertiary alicyclic amines) is 1. The Labute approximate surface area is 199 Å². The number of ether oxygens (including phenoxy) is 2. The molecule has 2 heterocycles. The Bertz CT molecular complexity index is 874. The molecule has 2 fully saturated rings. The van der Waals surface area contributed by atoms with Crippen LogP contribution in [0.5, 0.6) is 5.75 Å². The monoisotopic (exact) mass is 475 g/mol. The third-order valence-electron chi connectivity index (χ3n) is 6.24. The summed E-state index contributed by atoms with van der Waals surface area (Å²) < 4.78 is 10.9. The van der Waals surface area contributed by atoms with Gasteiger partial charge in [0.25, 0.3) is 6.47 Å². The molecular weight excluding hydrogens is 442 g/mol. The van der Waals surface area contributed by atoms with E-state index in [0.717, 1.165) is 37.0 Å². The second-order valence-corrected chi connectivity index (χ2v) is 8.78. The SMILES string of the molecule is COCC(=O)N1C[C@@H]2NC(=O)CN(C(=O)C3CC3)CCCCOc3cccc(c3)[C@H]2C1.O=CO. The summed E-state index contributed by atoms with van der Waals surface area (Å²) in [6, 6.07) is 7.66. The predicted octanol–water partition coefficient (Wildman–Crippen LogP) is 0.856. The molecular formula is C24H33N3O7. The Morgan fingerprint density at radius 1 is 1.24 bits per heavy atom. The standard InChI is InChI=1S/C23H31N3O5.CH2O2/c1-30-15-22(28)26-12-19-17-5-4-6-18(11-17)31-10-3-2-9-25(23(29)16-7-8-16)14-21(27)24-20(19)13-26;2-1-3/h4-6,11,16,19-20H,2-3,7-10,12-15H2,1H3,(H,24,27);1H,(H,2,3)/t19-,20+;/m1./s1. The first-order valence-corrected chi connectivity index (χ1v) is 11.6. The molecule has 34 heavy (non-hydrogen) atoms. The molecule has 1 aromatic carbocycles. The highest BCUT2D eigenvalue weighted by molar-refractivity contribution is 5.87. The van der Waals surface area contributed by atoms with Crippen molar-refractivity contribution in [1.29, 1.82) is 0 Å². The van der Waals surface area contributed by atoms with Crippen LogP contribution < -0.4 is 10.1 Å². The first kappa shape index (κ1) is 25.5. The quantitative estimate of drug-likeness (QED) is 0.621. The number of methoxy groups -OCH3 is 1. The Hall–Kier alpha value is -3.14. The molecule has 0 unspecified atom stereocenters. The van der Waals surface area contributed by atoms with Gasteiger partial charge in [-0.25, -0.2) is 0 Å². The summed E-state index contributed by atoms with van der Waals surface area (Å²) in [5, 5.41) is 9.99. The van der Waals surface area contributed by atoms with E-state index in [1.807, 2.05) is 24.3 Å². The number of rotatable bonds is 3. The van der Waals surface area contributed by atoms with Gasteiger partial charge in [-0.1, -0.05) is 12.1 Å². The van der Waals surface area contributed by atoms with Crippen LogP contribution >= 0.6 is 0 Å². The summed E-state index contributed by atoms with van der Waals surface area (Å²) in [4.78, 5) is 49.8. The van der Waals surface area contributed by atoms with Gasteiger partial charge in [-0.2, -0.15) is 0 Å². The molecule has 0 aromatic heterocycles. The molecule has 2 aliphatic heterocycles. The Morgan fingerprint density at radius 2 is 2.00 bits per heavy atom. The van der Waals surface area contributed by atoms with Gasteiger partial charge in [-0.05, 0) is 43.4 Å². The van der Waals surface area contributed by atoms with E-state index in [2.05, 4.69) is 5.32 Å². The summed E-state index contributed by atoms with van der Waals surface area (Å²) in [7, 11) is 1.50. The minimum absolute atomic E-state index is 0.0141. The minimum atomic E-state index is -0.250. The van der Waals surface area contributed by atoms with Crippen LogP contribution in [0.25, 0.3) is 0 Å². The molecule has 2 atom stereocenters. The molecule has 186 valence electrons. The van der Waals surface area contributed by atoms with Crippen molar-refractivity contribution >= 4 is 24.2 Å². The van der Waals surface area contributed by atoms with Crippen molar-refractivity contribution in [3.05, 3.63) is 29.8 Å². The fourth-order valence-electron chi connectivity index (χ4n) is 4.42. The third kappa shape index (κ3) is 6.93. The number of benzene rings is 1. The van der Waals surface area contributed by atoms with Crippen molar-refractivity contribution in [2.75, 3.05) is 46.5 Å². The molecule has 1 saturated heterocycles. The highest BCUT2D eigenvalue weighted by Gasteiger charge is 2.38. The number of nitrogens with zero attached hydrogens (tertiary/aromatic N) is 2. The van der Waals surface area contributed by atoms with Gasteiger partial charge in [0.1, 0.15) is 12.4 Å². The van der Waals surface area contributed by atoms with Gasteiger partial charge in [-0.15, -0.1) is 0 Å². The smallest absolute Gasteiger partial charge is 0.290 e. The fraction of sp³-hybridized carbons (Fsp3) is 0.583. The van der Waals surface area contributed by atoms with Gasteiger partial charge < -0.3 is 29.7 Å². The molecule has 1 saturated carbocycles. The number of carbonyl (C=O) groups excluding carboxylic acids is 3. The maximum absolute atomic E-state index is 12.9. The van der Waals surface area contributed by atoms with Crippen LogP contribution in [0.2, 0.25) is 0 Å². The first-order chi connectivity index (χ1) is 16.5. The highest BCUT2D eigenvalue weighted by atomic mass is 16.5. The van der Waals surface area contributed by atoms with Crippen LogP contribution in [-0.4, -0.2) is 91.6 Å². The normalized spacial score (nSPS) is 22.8. The van der Waals surface area contributed by atoms with Gasteiger partial charge in [0, 0.05) is 38.6 Å². The van der Waals surface area contributed by atoms with Crippen LogP contribution in [0.4, 0.5) is 0 Å². The van der Waals surface area contributed by atoms with E-state index >= 15 is 0 Å². The maximum Gasteiger partial charge on any atom is 0.290 e. The van der Waals surface area contributed by atoms with Crippen molar-refractivity contribution in [1.82, 2.24) is 15.1 Å². The molecule has 3 amide bonds. The second kappa shape index (κ2) is 12.4. The number of carbonyl (C=O) groups is 4. The Balaban J connectivity index is 0.00000103. The highest BCUT2D eigenvalue weighted by Crippen LogP contribution is 2.32. The molecule has 2 bridgehead atoms. The Kier molecular flexibility index (Phi) is 9.26. The Morgan fingerprint density at radius 3 is 2.71 bits per heavy atom. The lowest BCUT2D eigenvalue weighted by Crippen LogP contribution is -2.47. The van der Waals surface area contributed by atoms with Gasteiger partial charge in [0.05, 0.1) is 19.2 Å². The zero-order chi connectivity index (χ0) is 24.5. The van der Waals surface area contributed by atoms with Gasteiger partial charge in [-0.3, -0.25) is 19.2 Å². The average molecular weight is 476 g/mol. The van der Waals surface area contributed by atoms with Crippen molar-refractivity contribution in [2.24, 2.45) is 5.92 Å². The van der Waals surface area contributed by atoms with Crippen molar-refractivity contribution in [3.8, 4) is 5.75 Å². The van der Waals surface area contributed by atoms with E-state index in [0.29, 0.717) is 26.2 Å². The fourth-order valence-corrected chi connectivity index (χ4v) is 4.42. The molecule has 4 rings (SSSR count). The maximum atomic E-state index is 12.9. The van der Waals surface area contributed by atoms with E-state index in [4.69, 9.17) is 19.4 Å². The largest absolute Gasteiger partial charge is 0.494 e. The summed E-state index contributed by atoms with van der Waals surface area (Å²) in [5.41, 5.74) is 1.03. The van der Waals surface area contributed by atoms with Gasteiger partial charge >= 0.3 is 0 Å². The first-order valence-electron chi connectivity index (χ1n) is 11.6. The summed E-state index contributed by atoms with van der Waals surface area (Å²) in [5.74, 6) is 0.614. The number of carboxylic acid groups (broad SMARTS) is 1. The molecule has 0 radical (unpaired) electrons. The minimum Gasteiger partial charge on any atom is -0.494 e. The van der Waals surface area contributed by atoms with Crippen molar-refractivity contribution < 1.29 is 33.8 Å². The summed E-state index contributed by atoms with van der Waals surface area (Å²) in [6.07, 6.45) is 3.42. The number of hydrogen-bond acceptors (Lipinski definition) is 6. The van der Waals surface area contributed by atoms with E-state index in [1.54, 1.807) is 9.80 Å². The molecule has 2 N–H and O–H groups in total. The van der Waals surface area contributed by atoms with Crippen molar-refractivity contribution in [2.45, 2.75) is 37.6 Å². The lowest BCUT2D eigenvalue weighted by molar-refractivity contribution is -0.137. The van der Waals surface area contributed by atoms with Gasteiger partial charge in [0.2, 0.25) is 17.7 Å². The molecule has 0 spiro atoms. The number of fused-ring (bicyclic) bond motifs is 4. The van der Waals surface area contributed by atoms with Crippen LogP contribution in [0.15, 0.2) is 24.3 Å². The third-order valence-corrected chi connectivity index (χ3v) is 6.24. The zero-order valence-electron chi connectivity index (χ0n) is 19.5. The van der Waals surface area contributed by atoms with E-state index in [-0.39, 0.29) is 55.2 Å². The van der Waals surface area contributed by atoms with E-state index < -0.39 is 0 Å². The van der Waals surface area contributed by atoms with Crippen LogP contribution in [0.1, 0.15) is 37.2 Å². The summed E-state index contributed by atoms with van der Waals surface area (Å²) >= 11 is 0. The van der Waals surface area contributed by atoms with E-state index in [9.17, 15) is 14.4 Å². The lowest BCUT2D eigenvalue weighted by atomic mass is 9.94. The number of nitrogens with one attached hydrogen (secondary N) is 1. The van der Waals surface area contributed by atoms with Crippen molar-refractivity contribution in [3.63, 3.8) is 0 Å². The predicted molar refractivity (Wildman–Crippen MR) is 122 cm³/mol. The van der Waals surface area contributed by atoms with Gasteiger partial charge in [0.15, 0.2) is 0 Å². The second-order valence-electron chi connectivity index (χ2n) is 8.78. The zero-order valence-corrected chi connectivity index (χ0v) is 19.5. The lowest BCUT2D eigenvalue weighted by Gasteiger charge is -2.26. The topological polar surface area (TPSA) is 125 Å². The number of amides is 3. The van der Waals surface area contributed by atoms with Crippen LogP contribution in [-0.2, 0) is 23.9 Å². The molecule has 10 nitrogen and oxygen atoms in total. The van der Waals surface area contributed by atoms with Crippen LogP contribution in [0.3, 0.4) is 0 Å². The average Bonchev–Trinajstić information content (AvgIpc) is 3.58. The van der Waals surface area contributed by atoms with E-state index in [1.165, 1.54) is 7.11 Å². The molecule has 3 aliphatic rings. The molecule has 1 aliphatic carbocycles.